The second kappa shape index (κ2) is 9.36. The molecule has 0 spiro atoms. The van der Waals surface area contributed by atoms with Crippen LogP contribution in [0.25, 0.3) is 10.2 Å². The monoisotopic (exact) mass is 528 g/mol. The number of alkyl halides is 3. The van der Waals surface area contributed by atoms with E-state index in [-0.39, 0.29) is 15.1 Å². The van der Waals surface area contributed by atoms with Crippen LogP contribution in [0.2, 0.25) is 0 Å². The van der Waals surface area contributed by atoms with Gasteiger partial charge in [0.15, 0.2) is 0 Å². The van der Waals surface area contributed by atoms with Crippen LogP contribution in [0.15, 0.2) is 40.3 Å². The Labute approximate surface area is 203 Å². The van der Waals surface area contributed by atoms with Gasteiger partial charge in [-0.05, 0) is 37.8 Å². The maximum Gasteiger partial charge on any atom is 0.418 e. The molecule has 1 aromatic carbocycles. The lowest BCUT2D eigenvalue weighted by Gasteiger charge is -2.29. The van der Waals surface area contributed by atoms with Gasteiger partial charge in [0.05, 0.1) is 23.0 Å². The lowest BCUT2D eigenvalue weighted by Crippen LogP contribution is -2.38. The van der Waals surface area contributed by atoms with Crippen LogP contribution in [-0.2, 0) is 27.5 Å². The minimum absolute atomic E-state index is 0.114. The predicted octanol–water partition coefficient (Wildman–Crippen LogP) is 3.84. The largest absolute Gasteiger partial charge is 0.418 e. The summed E-state index contributed by atoms with van der Waals surface area (Å²) in [6.45, 7) is 3.70. The van der Waals surface area contributed by atoms with E-state index < -0.39 is 45.5 Å². The second-order valence-corrected chi connectivity index (χ2v) is 11.6. The maximum atomic E-state index is 13.4. The summed E-state index contributed by atoms with van der Waals surface area (Å²) in [6, 6.07) is 4.49. The number of carbonyl (C=O) groups excluding carboxylic acids is 1. The summed E-state index contributed by atoms with van der Waals surface area (Å²) in [5.41, 5.74) is -2.21. The summed E-state index contributed by atoms with van der Waals surface area (Å²) in [7, 11) is -3.97. The highest BCUT2D eigenvalue weighted by molar-refractivity contribution is 7.89. The number of aromatic nitrogens is 2. The van der Waals surface area contributed by atoms with Crippen molar-refractivity contribution in [3.63, 3.8) is 0 Å². The highest BCUT2D eigenvalue weighted by atomic mass is 32.2. The van der Waals surface area contributed by atoms with Crippen LogP contribution < -0.4 is 10.9 Å². The number of para-hydroxylation sites is 1. The predicted molar refractivity (Wildman–Crippen MR) is 126 cm³/mol. The molecule has 3 heterocycles. The number of nitrogens with zero attached hydrogens (tertiary/aromatic N) is 3. The van der Waals surface area contributed by atoms with Crippen LogP contribution in [0.4, 0.5) is 18.9 Å². The SMILES string of the molecule is Cc1sc2ncn(CC(=O)Nc3ccccc3C(F)(F)F)c(=O)c2c1S(=O)(=O)N1CCC(C)CC1. The van der Waals surface area contributed by atoms with Crippen molar-refractivity contribution in [1.29, 1.82) is 0 Å². The van der Waals surface area contributed by atoms with E-state index >= 15 is 0 Å². The topological polar surface area (TPSA) is 101 Å². The summed E-state index contributed by atoms with van der Waals surface area (Å²) in [5, 5.41) is 2.06. The van der Waals surface area contributed by atoms with Crippen molar-refractivity contribution >= 4 is 43.2 Å². The fourth-order valence-electron chi connectivity index (χ4n) is 4.07. The number of fused-ring (bicyclic) bond motifs is 1. The number of hydrogen-bond donors (Lipinski definition) is 1. The zero-order chi connectivity index (χ0) is 25.5. The highest BCUT2D eigenvalue weighted by Gasteiger charge is 2.35. The van der Waals surface area contributed by atoms with Gasteiger partial charge in [-0.3, -0.25) is 14.2 Å². The molecule has 1 amide bonds. The van der Waals surface area contributed by atoms with Crippen molar-refractivity contribution in [2.75, 3.05) is 18.4 Å². The van der Waals surface area contributed by atoms with Crippen molar-refractivity contribution < 1.29 is 26.4 Å². The Morgan fingerprint density at radius 1 is 1.23 bits per heavy atom. The molecule has 0 bridgehead atoms. The van der Waals surface area contributed by atoms with E-state index in [1.165, 1.54) is 16.4 Å². The number of piperidine rings is 1. The third kappa shape index (κ3) is 4.98. The smallest absolute Gasteiger partial charge is 0.324 e. The zero-order valence-electron chi connectivity index (χ0n) is 18.9. The zero-order valence-corrected chi connectivity index (χ0v) is 20.6. The van der Waals surface area contributed by atoms with E-state index in [4.69, 9.17) is 0 Å². The molecule has 188 valence electrons. The summed E-state index contributed by atoms with van der Waals surface area (Å²) in [5.74, 6) is -0.479. The lowest BCUT2D eigenvalue weighted by atomic mass is 10.0. The van der Waals surface area contributed by atoms with E-state index in [2.05, 4.69) is 17.2 Å². The first-order valence-electron chi connectivity index (χ1n) is 10.8. The number of aryl methyl sites for hydroxylation is 1. The van der Waals surface area contributed by atoms with Gasteiger partial charge in [0.25, 0.3) is 5.56 Å². The molecule has 4 rings (SSSR count). The van der Waals surface area contributed by atoms with Crippen molar-refractivity contribution in [2.45, 2.75) is 44.3 Å². The molecule has 13 heteroatoms. The number of halogens is 3. The molecule has 0 aliphatic carbocycles. The average Bonchev–Trinajstić information content (AvgIpc) is 3.13. The van der Waals surface area contributed by atoms with Gasteiger partial charge in [0, 0.05) is 18.0 Å². The maximum absolute atomic E-state index is 13.4. The van der Waals surface area contributed by atoms with Gasteiger partial charge >= 0.3 is 6.18 Å². The molecular formula is C22H23F3N4O4S2. The lowest BCUT2D eigenvalue weighted by molar-refractivity contribution is -0.137. The Balaban J connectivity index is 1.67. The Bertz CT molecular complexity index is 1440. The Morgan fingerprint density at radius 2 is 1.89 bits per heavy atom. The minimum atomic E-state index is -4.68. The Kier molecular flexibility index (Phi) is 6.77. The van der Waals surface area contributed by atoms with Crippen LogP contribution >= 0.6 is 11.3 Å². The standard InChI is InChI=1S/C22H23F3N4O4S2/c1-13-7-9-29(10-8-13)35(32,33)19-14(2)34-20-18(19)21(31)28(12-26-20)11-17(30)27-16-6-4-3-5-15(16)22(23,24)25/h3-6,12-13H,7-11H2,1-2H3,(H,27,30). The Morgan fingerprint density at radius 3 is 2.54 bits per heavy atom. The van der Waals surface area contributed by atoms with Crippen molar-refractivity contribution in [3.05, 3.63) is 51.4 Å². The molecule has 3 aromatic rings. The second-order valence-electron chi connectivity index (χ2n) is 8.52. The Hall–Kier alpha value is -2.77. The molecule has 0 atom stereocenters. The van der Waals surface area contributed by atoms with E-state index in [9.17, 15) is 31.2 Å². The van der Waals surface area contributed by atoms with E-state index in [1.54, 1.807) is 6.92 Å². The first-order valence-corrected chi connectivity index (χ1v) is 13.1. The number of benzene rings is 1. The third-order valence-electron chi connectivity index (χ3n) is 5.96. The summed E-state index contributed by atoms with van der Waals surface area (Å²) in [4.78, 5) is 30.4. The number of hydrogen-bond acceptors (Lipinski definition) is 6. The van der Waals surface area contributed by atoms with Crippen molar-refractivity contribution in [3.8, 4) is 0 Å². The fraction of sp³-hybridized carbons (Fsp3) is 0.409. The molecular weight excluding hydrogens is 505 g/mol. The van der Waals surface area contributed by atoms with E-state index in [0.29, 0.717) is 36.7 Å². The van der Waals surface area contributed by atoms with Crippen LogP contribution in [-0.4, -0.2) is 41.3 Å². The minimum Gasteiger partial charge on any atom is -0.324 e. The molecule has 0 unspecified atom stereocenters. The molecule has 1 aliphatic heterocycles. The molecule has 1 N–H and O–H groups in total. The first-order chi connectivity index (χ1) is 16.4. The fourth-order valence-corrected chi connectivity index (χ4v) is 7.21. The molecule has 1 aliphatic rings. The van der Waals surface area contributed by atoms with Gasteiger partial charge in [-0.15, -0.1) is 11.3 Å². The molecule has 1 saturated heterocycles. The van der Waals surface area contributed by atoms with Gasteiger partial charge in [0.2, 0.25) is 15.9 Å². The molecule has 2 aromatic heterocycles. The summed E-state index contributed by atoms with van der Waals surface area (Å²) in [6.07, 6.45) is -2.16. The van der Waals surface area contributed by atoms with Gasteiger partial charge in [-0.2, -0.15) is 17.5 Å². The van der Waals surface area contributed by atoms with E-state index in [1.807, 2.05) is 0 Å². The quantitative estimate of drug-likeness (QED) is 0.542. The average molecular weight is 529 g/mol. The number of sulfonamides is 1. The number of carbonyl (C=O) groups is 1. The van der Waals surface area contributed by atoms with Crippen LogP contribution in [0, 0.1) is 12.8 Å². The molecule has 1 fully saturated rings. The van der Waals surface area contributed by atoms with Crippen LogP contribution in [0.3, 0.4) is 0 Å². The van der Waals surface area contributed by atoms with Crippen LogP contribution in [0.5, 0.6) is 0 Å². The number of nitrogens with one attached hydrogen (secondary N) is 1. The first kappa shape index (κ1) is 25.3. The van der Waals surface area contributed by atoms with Gasteiger partial charge in [-0.1, -0.05) is 19.1 Å². The van der Waals surface area contributed by atoms with Crippen molar-refractivity contribution in [2.24, 2.45) is 5.92 Å². The molecule has 8 nitrogen and oxygen atoms in total. The van der Waals surface area contributed by atoms with Gasteiger partial charge in [-0.25, -0.2) is 13.4 Å². The highest BCUT2D eigenvalue weighted by Crippen LogP contribution is 2.35. The van der Waals surface area contributed by atoms with Crippen LogP contribution in [0.1, 0.15) is 30.2 Å². The number of anilines is 1. The summed E-state index contributed by atoms with van der Waals surface area (Å²) >= 11 is 1.06. The molecule has 35 heavy (non-hydrogen) atoms. The van der Waals surface area contributed by atoms with E-state index in [0.717, 1.165) is 34.4 Å². The van der Waals surface area contributed by atoms with Crippen molar-refractivity contribution in [1.82, 2.24) is 13.9 Å². The summed E-state index contributed by atoms with van der Waals surface area (Å²) < 4.78 is 68.8. The normalized spacial score (nSPS) is 16.0. The number of rotatable bonds is 5. The number of amides is 1. The van der Waals surface area contributed by atoms with Gasteiger partial charge in [0.1, 0.15) is 16.3 Å². The van der Waals surface area contributed by atoms with Gasteiger partial charge < -0.3 is 5.32 Å². The molecule has 0 saturated carbocycles. The molecule has 0 radical (unpaired) electrons. The number of thiophene rings is 1. The third-order valence-corrected chi connectivity index (χ3v) is 9.17.